The zero-order valence-corrected chi connectivity index (χ0v) is 8.02. The van der Waals surface area contributed by atoms with Crippen LogP contribution in [0.5, 0.6) is 0 Å². The molecule has 0 spiro atoms. The van der Waals surface area contributed by atoms with Crippen molar-refractivity contribution in [2.45, 2.75) is 38.1 Å². The highest BCUT2D eigenvalue weighted by Gasteiger charge is 2.37. The fourth-order valence-corrected chi connectivity index (χ4v) is 1.73. The molecule has 0 amide bonds. The maximum Gasteiger partial charge on any atom is 0.142 e. The van der Waals surface area contributed by atoms with Gasteiger partial charge in [0.1, 0.15) is 10.8 Å². The van der Waals surface area contributed by atoms with Crippen molar-refractivity contribution in [1.29, 1.82) is 0 Å². The Kier molecular flexibility index (Phi) is 1.88. The number of aromatic nitrogens is 2. The third kappa shape index (κ3) is 1.81. The summed E-state index contributed by atoms with van der Waals surface area (Å²) in [7, 11) is 0. The minimum atomic E-state index is 0.138. The molecule has 12 heavy (non-hydrogen) atoms. The highest BCUT2D eigenvalue weighted by Crippen LogP contribution is 2.36. The lowest BCUT2D eigenvalue weighted by atomic mass is 10.1. The van der Waals surface area contributed by atoms with Gasteiger partial charge in [-0.3, -0.25) is 0 Å². The second-order valence-electron chi connectivity index (χ2n) is 3.59. The van der Waals surface area contributed by atoms with E-state index in [9.17, 15) is 0 Å². The Balaban J connectivity index is 1.87. The van der Waals surface area contributed by atoms with Crippen LogP contribution in [0.15, 0.2) is 0 Å². The van der Waals surface area contributed by atoms with Crippen LogP contribution in [0, 0.1) is 6.92 Å². The van der Waals surface area contributed by atoms with Crippen LogP contribution in [0.1, 0.15) is 30.1 Å². The summed E-state index contributed by atoms with van der Waals surface area (Å²) in [4.78, 5) is 4.29. The fraction of sp³-hybridized carbons (Fsp3) is 0.750. The lowest BCUT2D eigenvalue weighted by molar-refractivity contribution is 0.598. The van der Waals surface area contributed by atoms with Gasteiger partial charge in [-0.1, -0.05) is 0 Å². The molecule has 0 unspecified atom stereocenters. The molecule has 1 aromatic rings. The van der Waals surface area contributed by atoms with Crippen LogP contribution in [0.25, 0.3) is 0 Å². The van der Waals surface area contributed by atoms with Crippen LogP contribution >= 0.6 is 11.5 Å². The first kappa shape index (κ1) is 8.13. The first-order valence-electron chi connectivity index (χ1n) is 4.26. The van der Waals surface area contributed by atoms with Crippen molar-refractivity contribution in [2.75, 3.05) is 0 Å². The molecule has 0 aliphatic heterocycles. The molecule has 0 radical (unpaired) electrons. The Morgan fingerprint density at radius 2 is 2.33 bits per heavy atom. The molecular weight excluding hydrogens is 170 g/mol. The lowest BCUT2D eigenvalue weighted by Crippen LogP contribution is -2.22. The summed E-state index contributed by atoms with van der Waals surface area (Å²) < 4.78 is 4.22. The molecular formula is C8H13N3S. The van der Waals surface area contributed by atoms with E-state index < -0.39 is 0 Å². The highest BCUT2D eigenvalue weighted by molar-refractivity contribution is 7.05. The molecule has 1 aliphatic rings. The summed E-state index contributed by atoms with van der Waals surface area (Å²) in [6, 6.07) is 0. The van der Waals surface area contributed by atoms with Gasteiger partial charge in [-0.2, -0.15) is 4.37 Å². The van der Waals surface area contributed by atoms with Gasteiger partial charge in [0.25, 0.3) is 0 Å². The van der Waals surface area contributed by atoms with E-state index in [0.29, 0.717) is 0 Å². The van der Waals surface area contributed by atoms with E-state index in [1.165, 1.54) is 24.4 Å². The van der Waals surface area contributed by atoms with E-state index >= 15 is 0 Å². The van der Waals surface area contributed by atoms with E-state index in [1.54, 1.807) is 0 Å². The zero-order valence-electron chi connectivity index (χ0n) is 7.21. The molecule has 2 rings (SSSR count). The van der Waals surface area contributed by atoms with Gasteiger partial charge in [-0.05, 0) is 37.7 Å². The summed E-state index contributed by atoms with van der Waals surface area (Å²) in [5.41, 5.74) is 6.09. The molecule has 0 atom stereocenters. The number of aryl methyl sites for hydroxylation is 2. The molecule has 1 fully saturated rings. The minimum Gasteiger partial charge on any atom is -0.325 e. The molecule has 0 bridgehead atoms. The number of rotatable bonds is 3. The monoisotopic (exact) mass is 183 g/mol. The van der Waals surface area contributed by atoms with Crippen molar-refractivity contribution in [3.63, 3.8) is 0 Å². The van der Waals surface area contributed by atoms with Gasteiger partial charge in [0.05, 0.1) is 0 Å². The average Bonchev–Trinajstić information content (AvgIpc) is 2.60. The Labute approximate surface area is 76.2 Å². The maximum atomic E-state index is 5.95. The van der Waals surface area contributed by atoms with Crippen molar-refractivity contribution in [2.24, 2.45) is 5.73 Å². The Morgan fingerprint density at radius 1 is 1.58 bits per heavy atom. The summed E-state index contributed by atoms with van der Waals surface area (Å²) >= 11 is 1.47. The molecule has 1 aliphatic carbocycles. The topological polar surface area (TPSA) is 51.8 Å². The quantitative estimate of drug-likeness (QED) is 0.767. The Morgan fingerprint density at radius 3 is 2.83 bits per heavy atom. The number of nitrogens with two attached hydrogens (primary N) is 1. The van der Waals surface area contributed by atoms with Crippen LogP contribution in [-0.4, -0.2) is 14.9 Å². The van der Waals surface area contributed by atoms with Crippen molar-refractivity contribution in [3.8, 4) is 0 Å². The molecule has 1 heterocycles. The molecule has 0 saturated heterocycles. The third-order valence-corrected chi connectivity index (χ3v) is 2.97. The number of hydrogen-bond donors (Lipinski definition) is 1. The SMILES string of the molecule is Cc1nc(CCC2(N)CC2)ns1. The van der Waals surface area contributed by atoms with E-state index in [0.717, 1.165) is 23.7 Å². The van der Waals surface area contributed by atoms with Gasteiger partial charge in [0.15, 0.2) is 0 Å². The molecule has 4 heteroatoms. The normalized spacial score (nSPS) is 19.5. The van der Waals surface area contributed by atoms with Gasteiger partial charge in [0, 0.05) is 12.0 Å². The standard InChI is InChI=1S/C8H13N3S/c1-6-10-7(11-12-6)2-3-8(9)4-5-8/h2-5,9H2,1H3. The Bertz CT molecular complexity index is 278. The summed E-state index contributed by atoms with van der Waals surface area (Å²) in [6.45, 7) is 1.98. The molecule has 1 saturated carbocycles. The first-order chi connectivity index (χ1) is 5.68. The molecule has 2 N–H and O–H groups in total. The van der Waals surface area contributed by atoms with Crippen LogP contribution in [-0.2, 0) is 6.42 Å². The smallest absolute Gasteiger partial charge is 0.142 e. The van der Waals surface area contributed by atoms with E-state index in [4.69, 9.17) is 5.73 Å². The van der Waals surface area contributed by atoms with Gasteiger partial charge in [-0.25, -0.2) is 4.98 Å². The minimum absolute atomic E-state index is 0.138. The summed E-state index contributed by atoms with van der Waals surface area (Å²) in [5, 5.41) is 1.05. The number of hydrogen-bond acceptors (Lipinski definition) is 4. The zero-order chi connectivity index (χ0) is 8.60. The van der Waals surface area contributed by atoms with Gasteiger partial charge in [-0.15, -0.1) is 0 Å². The van der Waals surface area contributed by atoms with Crippen LogP contribution in [0.2, 0.25) is 0 Å². The maximum absolute atomic E-state index is 5.95. The summed E-state index contributed by atoms with van der Waals surface area (Å²) in [6.07, 6.45) is 4.34. The molecule has 1 aromatic heterocycles. The van der Waals surface area contributed by atoms with Crippen LogP contribution in [0.4, 0.5) is 0 Å². The number of nitrogens with zero attached hydrogens (tertiary/aromatic N) is 2. The fourth-order valence-electron chi connectivity index (χ4n) is 1.21. The predicted octanol–water partition coefficient (Wildman–Crippen LogP) is 1.27. The largest absolute Gasteiger partial charge is 0.325 e. The molecule has 0 aromatic carbocycles. The van der Waals surface area contributed by atoms with E-state index in [2.05, 4.69) is 9.36 Å². The van der Waals surface area contributed by atoms with Gasteiger partial charge in [0.2, 0.25) is 0 Å². The van der Waals surface area contributed by atoms with Crippen molar-refractivity contribution < 1.29 is 0 Å². The van der Waals surface area contributed by atoms with Crippen molar-refractivity contribution in [3.05, 3.63) is 10.8 Å². The van der Waals surface area contributed by atoms with E-state index in [1.807, 2.05) is 6.92 Å². The average molecular weight is 183 g/mol. The predicted molar refractivity (Wildman–Crippen MR) is 49.1 cm³/mol. The third-order valence-electron chi connectivity index (χ3n) is 2.31. The van der Waals surface area contributed by atoms with Gasteiger partial charge < -0.3 is 5.73 Å². The molecule has 3 nitrogen and oxygen atoms in total. The second-order valence-corrected chi connectivity index (χ2v) is 4.55. The van der Waals surface area contributed by atoms with Crippen molar-refractivity contribution in [1.82, 2.24) is 9.36 Å². The Hall–Kier alpha value is -0.480. The highest BCUT2D eigenvalue weighted by atomic mass is 32.1. The van der Waals surface area contributed by atoms with Gasteiger partial charge >= 0.3 is 0 Å². The second kappa shape index (κ2) is 2.78. The summed E-state index contributed by atoms with van der Waals surface area (Å²) in [5.74, 6) is 0.967. The first-order valence-corrected chi connectivity index (χ1v) is 5.03. The molecule has 66 valence electrons. The van der Waals surface area contributed by atoms with E-state index in [-0.39, 0.29) is 5.54 Å². The lowest BCUT2D eigenvalue weighted by Gasteiger charge is -2.04. The van der Waals surface area contributed by atoms with Crippen LogP contribution < -0.4 is 5.73 Å². The van der Waals surface area contributed by atoms with Crippen LogP contribution in [0.3, 0.4) is 0 Å². The van der Waals surface area contributed by atoms with Crippen molar-refractivity contribution >= 4 is 11.5 Å².